The van der Waals surface area contributed by atoms with E-state index in [4.69, 9.17) is 9.47 Å². The molecule has 4 rings (SSSR count). The van der Waals surface area contributed by atoms with Crippen molar-refractivity contribution in [2.45, 2.75) is 30.4 Å². The Labute approximate surface area is 185 Å². The van der Waals surface area contributed by atoms with E-state index in [1.54, 1.807) is 11.0 Å². The quantitative estimate of drug-likeness (QED) is 0.677. The van der Waals surface area contributed by atoms with Crippen molar-refractivity contribution < 1.29 is 31.5 Å². The van der Waals surface area contributed by atoms with Gasteiger partial charge in [0.25, 0.3) is 5.91 Å². The van der Waals surface area contributed by atoms with E-state index in [2.05, 4.69) is 0 Å². The van der Waals surface area contributed by atoms with Crippen LogP contribution in [0.5, 0.6) is 5.75 Å². The number of carbonyl (C=O) groups excluding carboxylic acids is 1. The average molecular weight is 467 g/mol. The van der Waals surface area contributed by atoms with Gasteiger partial charge in [0, 0.05) is 32.5 Å². The number of aryl methyl sites for hydroxylation is 1. The maximum Gasteiger partial charge on any atom is 0.260 e. The van der Waals surface area contributed by atoms with E-state index in [1.807, 2.05) is 0 Å². The molecular formula is C22H24F2N2O5S. The summed E-state index contributed by atoms with van der Waals surface area (Å²) >= 11 is 0. The monoisotopic (exact) mass is 466 g/mol. The molecule has 0 bridgehead atoms. The molecule has 2 aromatic rings. The summed E-state index contributed by atoms with van der Waals surface area (Å²) in [5, 5.41) is 0. The minimum absolute atomic E-state index is 0.000292. The van der Waals surface area contributed by atoms with E-state index in [0.717, 1.165) is 6.07 Å². The molecule has 2 heterocycles. The Bertz CT molecular complexity index is 1120. The Kier molecular flexibility index (Phi) is 6.19. The number of likely N-dealkylation sites (tertiary alicyclic amines) is 1. The first-order valence-corrected chi connectivity index (χ1v) is 11.7. The number of piperidine rings is 1. The predicted molar refractivity (Wildman–Crippen MR) is 111 cm³/mol. The molecule has 0 radical (unpaired) electrons. The molecule has 2 aliphatic rings. The van der Waals surface area contributed by atoms with Gasteiger partial charge >= 0.3 is 0 Å². The average Bonchev–Trinajstić information content (AvgIpc) is 3.19. The Morgan fingerprint density at radius 2 is 1.81 bits per heavy atom. The number of benzene rings is 2. The van der Waals surface area contributed by atoms with Gasteiger partial charge in [-0.2, -0.15) is 4.31 Å². The standard InChI is InChI=1S/C22H24F2N2O5S/c1-16-14-17(6-7-18(16)23)32(28,29)26-12-13-31-22(26)8-10-25(11-9-22)21(27)15-30-20-5-3-2-4-19(20)24/h2-7,14H,8-13,15H2,1H3. The van der Waals surface area contributed by atoms with Crippen molar-refractivity contribution in [3.63, 3.8) is 0 Å². The van der Waals surface area contributed by atoms with Crippen LogP contribution in [-0.4, -0.2) is 62.1 Å². The van der Waals surface area contributed by atoms with Crippen LogP contribution in [0.25, 0.3) is 0 Å². The van der Waals surface area contributed by atoms with Gasteiger partial charge in [-0.1, -0.05) is 12.1 Å². The van der Waals surface area contributed by atoms with Gasteiger partial charge in [-0.15, -0.1) is 0 Å². The molecule has 0 aromatic heterocycles. The lowest BCUT2D eigenvalue weighted by molar-refractivity contribution is -0.142. The summed E-state index contributed by atoms with van der Waals surface area (Å²) in [5.74, 6) is -1.33. The molecule has 0 atom stereocenters. The lowest BCUT2D eigenvalue weighted by atomic mass is 10.0. The van der Waals surface area contributed by atoms with Gasteiger partial charge in [-0.3, -0.25) is 4.79 Å². The number of sulfonamides is 1. The summed E-state index contributed by atoms with van der Waals surface area (Å²) in [5.41, 5.74) is -0.805. The van der Waals surface area contributed by atoms with Crippen LogP contribution in [-0.2, 0) is 19.6 Å². The highest BCUT2D eigenvalue weighted by Gasteiger charge is 2.51. The van der Waals surface area contributed by atoms with Crippen LogP contribution < -0.4 is 4.74 Å². The summed E-state index contributed by atoms with van der Waals surface area (Å²) in [6.45, 7) is 2.17. The van der Waals surface area contributed by atoms with E-state index in [0.29, 0.717) is 0 Å². The van der Waals surface area contributed by atoms with Gasteiger partial charge in [0.2, 0.25) is 10.0 Å². The normalized spacial score (nSPS) is 18.8. The van der Waals surface area contributed by atoms with E-state index < -0.39 is 27.4 Å². The summed E-state index contributed by atoms with van der Waals surface area (Å²) in [6.07, 6.45) is 0.579. The molecule has 172 valence electrons. The second-order valence-electron chi connectivity index (χ2n) is 7.88. The van der Waals surface area contributed by atoms with Crippen LogP contribution in [0.4, 0.5) is 8.78 Å². The SMILES string of the molecule is Cc1cc(S(=O)(=O)N2CCOC23CCN(C(=O)COc2ccccc2F)CC3)ccc1F. The smallest absolute Gasteiger partial charge is 0.260 e. The molecule has 2 saturated heterocycles. The molecule has 2 aliphatic heterocycles. The third kappa shape index (κ3) is 4.22. The van der Waals surface area contributed by atoms with E-state index in [1.165, 1.54) is 41.6 Å². The molecule has 32 heavy (non-hydrogen) atoms. The summed E-state index contributed by atoms with van der Waals surface area (Å²) in [7, 11) is -3.90. The molecule has 2 aromatic carbocycles. The van der Waals surface area contributed by atoms with Crippen molar-refractivity contribution in [3.05, 3.63) is 59.7 Å². The van der Waals surface area contributed by atoms with Gasteiger partial charge < -0.3 is 14.4 Å². The van der Waals surface area contributed by atoms with Crippen molar-refractivity contribution in [2.24, 2.45) is 0 Å². The second kappa shape index (κ2) is 8.76. The summed E-state index contributed by atoms with van der Waals surface area (Å²) in [4.78, 5) is 14.1. The second-order valence-corrected chi connectivity index (χ2v) is 9.75. The van der Waals surface area contributed by atoms with Crippen LogP contribution in [0, 0.1) is 18.6 Å². The van der Waals surface area contributed by atoms with Crippen LogP contribution in [0.2, 0.25) is 0 Å². The van der Waals surface area contributed by atoms with Crippen molar-refractivity contribution >= 4 is 15.9 Å². The number of carbonyl (C=O) groups is 1. The topological polar surface area (TPSA) is 76.2 Å². The number of para-hydroxylation sites is 1. The van der Waals surface area contributed by atoms with Crippen molar-refractivity contribution in [3.8, 4) is 5.75 Å². The predicted octanol–water partition coefficient (Wildman–Crippen LogP) is 2.69. The third-order valence-electron chi connectivity index (χ3n) is 5.92. The zero-order valence-corrected chi connectivity index (χ0v) is 18.4. The fourth-order valence-corrected chi connectivity index (χ4v) is 5.94. The molecule has 7 nitrogen and oxygen atoms in total. The molecule has 1 spiro atoms. The van der Waals surface area contributed by atoms with Crippen LogP contribution >= 0.6 is 0 Å². The van der Waals surface area contributed by atoms with Gasteiger partial charge in [-0.25, -0.2) is 17.2 Å². The van der Waals surface area contributed by atoms with Gasteiger partial charge in [-0.05, 0) is 42.8 Å². The number of rotatable bonds is 5. The van der Waals surface area contributed by atoms with Crippen LogP contribution in [0.15, 0.2) is 47.4 Å². The Morgan fingerprint density at radius 1 is 1.09 bits per heavy atom. The van der Waals surface area contributed by atoms with Gasteiger partial charge in [0.1, 0.15) is 11.5 Å². The van der Waals surface area contributed by atoms with E-state index in [-0.39, 0.29) is 67.8 Å². The Balaban J connectivity index is 1.43. The fourth-order valence-electron chi connectivity index (χ4n) is 4.13. The van der Waals surface area contributed by atoms with Gasteiger partial charge in [0.05, 0.1) is 11.5 Å². The van der Waals surface area contributed by atoms with Crippen molar-refractivity contribution in [2.75, 3.05) is 32.8 Å². The number of amides is 1. The van der Waals surface area contributed by atoms with Gasteiger partial charge in [0.15, 0.2) is 18.2 Å². The molecule has 0 aliphatic carbocycles. The fraction of sp³-hybridized carbons (Fsp3) is 0.409. The molecule has 2 fully saturated rings. The Hall–Kier alpha value is -2.56. The van der Waals surface area contributed by atoms with Crippen molar-refractivity contribution in [1.29, 1.82) is 0 Å². The largest absolute Gasteiger partial charge is 0.481 e. The number of halogens is 2. The zero-order valence-electron chi connectivity index (χ0n) is 17.6. The number of hydrogen-bond acceptors (Lipinski definition) is 5. The third-order valence-corrected chi connectivity index (χ3v) is 7.87. The first-order valence-electron chi connectivity index (χ1n) is 10.3. The Morgan fingerprint density at radius 3 is 2.50 bits per heavy atom. The highest BCUT2D eigenvalue weighted by molar-refractivity contribution is 7.89. The number of nitrogens with zero attached hydrogens (tertiary/aromatic N) is 2. The highest BCUT2D eigenvalue weighted by Crippen LogP contribution is 2.38. The lowest BCUT2D eigenvalue weighted by Crippen LogP contribution is -2.56. The minimum Gasteiger partial charge on any atom is -0.481 e. The van der Waals surface area contributed by atoms with E-state index in [9.17, 15) is 22.0 Å². The minimum atomic E-state index is -3.90. The molecule has 10 heteroatoms. The van der Waals surface area contributed by atoms with E-state index >= 15 is 0 Å². The zero-order chi connectivity index (χ0) is 22.9. The molecule has 0 saturated carbocycles. The highest BCUT2D eigenvalue weighted by atomic mass is 32.2. The number of ether oxygens (including phenoxy) is 2. The number of hydrogen-bond donors (Lipinski definition) is 0. The lowest BCUT2D eigenvalue weighted by Gasteiger charge is -2.42. The molecule has 0 unspecified atom stereocenters. The molecule has 0 N–H and O–H groups in total. The molecular weight excluding hydrogens is 442 g/mol. The molecule has 1 amide bonds. The van der Waals surface area contributed by atoms with Crippen molar-refractivity contribution in [1.82, 2.24) is 9.21 Å². The van der Waals surface area contributed by atoms with Crippen LogP contribution in [0.3, 0.4) is 0 Å². The maximum absolute atomic E-state index is 13.7. The first kappa shape index (κ1) is 22.6. The summed E-state index contributed by atoms with van der Waals surface area (Å²) < 4.78 is 66.3. The van der Waals surface area contributed by atoms with Crippen LogP contribution in [0.1, 0.15) is 18.4 Å². The first-order chi connectivity index (χ1) is 15.2. The maximum atomic E-state index is 13.7. The summed E-state index contributed by atoms with van der Waals surface area (Å²) in [6, 6.07) is 9.55.